The van der Waals surface area contributed by atoms with Crippen LogP contribution in [0.3, 0.4) is 0 Å². The van der Waals surface area contributed by atoms with Crippen LogP contribution >= 0.6 is 0 Å². The number of fused-ring (bicyclic) bond motifs is 2. The van der Waals surface area contributed by atoms with Crippen molar-refractivity contribution in [2.45, 2.75) is 32.9 Å². The Morgan fingerprint density at radius 2 is 1.81 bits per heavy atom. The summed E-state index contributed by atoms with van der Waals surface area (Å²) in [5.41, 5.74) is 5.51. The quantitative estimate of drug-likeness (QED) is 0.310. The van der Waals surface area contributed by atoms with Gasteiger partial charge in [0, 0.05) is 36.4 Å². The Morgan fingerprint density at radius 1 is 1.00 bits per heavy atom. The topological polar surface area (TPSA) is 104 Å². The van der Waals surface area contributed by atoms with Crippen LogP contribution in [-0.2, 0) is 4.74 Å². The molecule has 0 amide bonds. The Hall–Kier alpha value is -4.11. The van der Waals surface area contributed by atoms with E-state index in [4.69, 9.17) is 14.8 Å². The van der Waals surface area contributed by atoms with Crippen LogP contribution in [0, 0.1) is 0 Å². The maximum absolute atomic E-state index is 13.5. The molecule has 37 heavy (non-hydrogen) atoms. The van der Waals surface area contributed by atoms with E-state index in [9.17, 15) is 4.79 Å². The highest BCUT2D eigenvalue weighted by Gasteiger charge is 2.21. The molecule has 6 rings (SSSR count). The van der Waals surface area contributed by atoms with E-state index in [1.807, 2.05) is 47.3 Å². The number of benzene rings is 2. The molecule has 9 nitrogen and oxygen atoms in total. The molecule has 5 aromatic rings. The standard InChI is InChI=1S/C28H31N7O2/c1-17(2)35-11-10-21(33-35)18(3)29-26-20-6-4-5-7-22(20)32-28(36)25(26)27-30-23-9-8-19(16-24(23)31-27)34-12-14-37-15-13-34/h4-11,16-18H,12-15H2,1-3H3,(H,30,31)(H2,29,32,36)/t18-/m0/s1. The molecule has 4 heterocycles. The van der Waals surface area contributed by atoms with Gasteiger partial charge in [-0.3, -0.25) is 9.48 Å². The summed E-state index contributed by atoms with van der Waals surface area (Å²) >= 11 is 0. The third-order valence-corrected chi connectivity index (χ3v) is 6.96. The van der Waals surface area contributed by atoms with Crippen molar-refractivity contribution in [3.05, 3.63) is 70.8 Å². The third kappa shape index (κ3) is 4.35. The maximum Gasteiger partial charge on any atom is 0.261 e. The van der Waals surface area contributed by atoms with Gasteiger partial charge >= 0.3 is 0 Å². The molecule has 2 aromatic carbocycles. The zero-order valence-electron chi connectivity index (χ0n) is 21.3. The van der Waals surface area contributed by atoms with Crippen molar-refractivity contribution in [3.63, 3.8) is 0 Å². The smallest absolute Gasteiger partial charge is 0.261 e. The fourth-order valence-electron chi connectivity index (χ4n) is 4.91. The molecule has 0 aliphatic carbocycles. The highest BCUT2D eigenvalue weighted by Crippen LogP contribution is 2.34. The molecule has 3 aromatic heterocycles. The van der Waals surface area contributed by atoms with Gasteiger partial charge in [0.1, 0.15) is 11.4 Å². The Kier molecular flexibility index (Phi) is 5.92. The number of rotatable bonds is 6. The average molecular weight is 498 g/mol. The first-order chi connectivity index (χ1) is 18.0. The van der Waals surface area contributed by atoms with Crippen LogP contribution in [0.1, 0.15) is 38.5 Å². The summed E-state index contributed by atoms with van der Waals surface area (Å²) in [6, 6.07) is 16.2. The lowest BCUT2D eigenvalue weighted by molar-refractivity contribution is 0.122. The normalized spacial score (nSPS) is 15.1. The number of imidazole rings is 1. The highest BCUT2D eigenvalue weighted by atomic mass is 16.5. The summed E-state index contributed by atoms with van der Waals surface area (Å²) in [4.78, 5) is 27.0. The molecule has 0 spiro atoms. The molecule has 0 bridgehead atoms. The van der Waals surface area contributed by atoms with Gasteiger partial charge in [0.05, 0.1) is 47.2 Å². The van der Waals surface area contributed by atoms with Crippen LogP contribution in [0.25, 0.3) is 33.3 Å². The molecule has 1 aliphatic heterocycles. The fraction of sp³-hybridized carbons (Fsp3) is 0.321. The lowest BCUT2D eigenvalue weighted by Gasteiger charge is -2.28. The molecule has 1 saturated heterocycles. The van der Waals surface area contributed by atoms with Crippen LogP contribution < -0.4 is 15.8 Å². The molecule has 1 atom stereocenters. The SMILES string of the molecule is CC(C)n1ccc([C@H](C)Nc2c(-c3nc4ccc(N5CCOCC5)cc4[nH]3)c(=O)[nH]c3ccccc23)n1. The van der Waals surface area contributed by atoms with E-state index in [0.717, 1.165) is 65.3 Å². The number of anilines is 2. The first-order valence-electron chi connectivity index (χ1n) is 12.8. The Bertz CT molecular complexity index is 1620. The van der Waals surface area contributed by atoms with Gasteiger partial charge in [0.2, 0.25) is 0 Å². The van der Waals surface area contributed by atoms with E-state index in [-0.39, 0.29) is 17.6 Å². The van der Waals surface area contributed by atoms with Crippen molar-refractivity contribution in [3.8, 4) is 11.4 Å². The van der Waals surface area contributed by atoms with Gasteiger partial charge in [-0.25, -0.2) is 4.98 Å². The summed E-state index contributed by atoms with van der Waals surface area (Å²) in [7, 11) is 0. The molecular formula is C28H31N7O2. The minimum absolute atomic E-state index is 0.124. The minimum atomic E-state index is -0.200. The van der Waals surface area contributed by atoms with Gasteiger partial charge in [-0.2, -0.15) is 5.10 Å². The number of nitrogens with zero attached hydrogens (tertiary/aromatic N) is 4. The predicted octanol–water partition coefficient (Wildman–Crippen LogP) is 4.86. The minimum Gasteiger partial charge on any atom is -0.378 e. The second-order valence-corrected chi connectivity index (χ2v) is 9.82. The number of para-hydroxylation sites is 1. The fourth-order valence-corrected chi connectivity index (χ4v) is 4.91. The number of hydrogen-bond donors (Lipinski definition) is 3. The predicted molar refractivity (Wildman–Crippen MR) is 147 cm³/mol. The van der Waals surface area contributed by atoms with Crippen LogP contribution in [0.2, 0.25) is 0 Å². The van der Waals surface area contributed by atoms with Crippen molar-refractivity contribution in [1.29, 1.82) is 0 Å². The van der Waals surface area contributed by atoms with E-state index in [1.54, 1.807) is 0 Å². The van der Waals surface area contributed by atoms with E-state index >= 15 is 0 Å². The largest absolute Gasteiger partial charge is 0.378 e. The summed E-state index contributed by atoms with van der Waals surface area (Å²) in [6.45, 7) is 9.42. The van der Waals surface area contributed by atoms with Crippen molar-refractivity contribution < 1.29 is 4.74 Å². The van der Waals surface area contributed by atoms with Crippen LogP contribution in [0.15, 0.2) is 59.5 Å². The van der Waals surface area contributed by atoms with Crippen LogP contribution in [0.4, 0.5) is 11.4 Å². The molecular weight excluding hydrogens is 466 g/mol. The number of pyridine rings is 1. The zero-order valence-corrected chi connectivity index (χ0v) is 21.3. The Labute approximate surface area is 214 Å². The van der Waals surface area contributed by atoms with Crippen molar-refractivity contribution >= 4 is 33.3 Å². The average Bonchev–Trinajstić information content (AvgIpc) is 3.56. The number of morpholine rings is 1. The molecule has 190 valence electrons. The number of ether oxygens (including phenoxy) is 1. The number of aromatic nitrogens is 5. The van der Waals surface area contributed by atoms with Gasteiger partial charge in [-0.15, -0.1) is 0 Å². The maximum atomic E-state index is 13.5. The number of H-pyrrole nitrogens is 2. The second-order valence-electron chi connectivity index (χ2n) is 9.82. The monoisotopic (exact) mass is 497 g/mol. The summed E-state index contributed by atoms with van der Waals surface area (Å²) < 4.78 is 7.44. The number of hydrogen-bond acceptors (Lipinski definition) is 6. The van der Waals surface area contributed by atoms with Crippen molar-refractivity contribution in [2.75, 3.05) is 36.5 Å². The number of nitrogens with one attached hydrogen (secondary N) is 3. The first kappa shape index (κ1) is 23.3. The van der Waals surface area contributed by atoms with Gasteiger partial charge < -0.3 is 24.9 Å². The molecule has 9 heteroatoms. The van der Waals surface area contributed by atoms with Crippen molar-refractivity contribution in [2.24, 2.45) is 0 Å². The molecule has 1 fully saturated rings. The summed E-state index contributed by atoms with van der Waals surface area (Å²) in [5.74, 6) is 0.531. The lowest BCUT2D eigenvalue weighted by atomic mass is 10.1. The summed E-state index contributed by atoms with van der Waals surface area (Å²) in [6.07, 6.45) is 1.99. The zero-order chi connectivity index (χ0) is 25.5. The van der Waals surface area contributed by atoms with Gasteiger partial charge in [-0.1, -0.05) is 18.2 Å². The van der Waals surface area contributed by atoms with Crippen molar-refractivity contribution in [1.82, 2.24) is 24.7 Å². The van der Waals surface area contributed by atoms with Gasteiger partial charge in [-0.05, 0) is 51.1 Å². The third-order valence-electron chi connectivity index (χ3n) is 6.96. The Morgan fingerprint density at radius 3 is 2.59 bits per heavy atom. The molecule has 3 N–H and O–H groups in total. The van der Waals surface area contributed by atoms with Crippen LogP contribution in [0.5, 0.6) is 0 Å². The van der Waals surface area contributed by atoms with Crippen LogP contribution in [-0.4, -0.2) is 51.0 Å². The van der Waals surface area contributed by atoms with E-state index in [2.05, 4.69) is 53.1 Å². The summed E-state index contributed by atoms with van der Waals surface area (Å²) in [5, 5.41) is 9.24. The molecule has 1 aliphatic rings. The van der Waals surface area contributed by atoms with Gasteiger partial charge in [0.15, 0.2) is 0 Å². The van der Waals surface area contributed by atoms with Gasteiger partial charge in [0.25, 0.3) is 5.56 Å². The van der Waals surface area contributed by atoms with E-state index in [0.29, 0.717) is 11.4 Å². The number of aromatic amines is 2. The van der Waals surface area contributed by atoms with E-state index < -0.39 is 0 Å². The lowest BCUT2D eigenvalue weighted by Crippen LogP contribution is -2.36. The first-order valence-corrected chi connectivity index (χ1v) is 12.8. The molecule has 0 unspecified atom stereocenters. The van der Waals surface area contributed by atoms with E-state index in [1.165, 1.54) is 0 Å². The molecule has 0 radical (unpaired) electrons. The molecule has 0 saturated carbocycles. The highest BCUT2D eigenvalue weighted by molar-refractivity contribution is 5.99. The Balaban J connectivity index is 1.44. The second kappa shape index (κ2) is 9.40.